The van der Waals surface area contributed by atoms with E-state index in [1.807, 2.05) is 61.5 Å². The highest BCUT2D eigenvalue weighted by molar-refractivity contribution is 6.34. The number of rotatable bonds is 9. The summed E-state index contributed by atoms with van der Waals surface area (Å²) in [5.74, 6) is -0.824. The Kier molecular flexibility index (Phi) is 10.1. The van der Waals surface area contributed by atoms with Crippen molar-refractivity contribution in [3.8, 4) is 0 Å². The third kappa shape index (κ3) is 8.32. The van der Waals surface area contributed by atoms with Gasteiger partial charge in [-0.3, -0.25) is 9.59 Å². The van der Waals surface area contributed by atoms with Gasteiger partial charge in [-0.05, 0) is 57.4 Å². The van der Waals surface area contributed by atoms with Gasteiger partial charge in [0.2, 0.25) is 5.91 Å². The molecule has 3 aromatic rings. The highest BCUT2D eigenvalue weighted by atomic mass is 35.5. The number of benzene rings is 3. The average molecular weight is 550 g/mol. The minimum atomic E-state index is -0.974. The van der Waals surface area contributed by atoms with Crippen molar-refractivity contribution in [3.63, 3.8) is 0 Å². The van der Waals surface area contributed by atoms with Crippen molar-refractivity contribution in [3.05, 3.63) is 101 Å². The van der Waals surface area contributed by atoms with Gasteiger partial charge < -0.3 is 20.3 Å². The summed E-state index contributed by atoms with van der Waals surface area (Å²) < 4.78 is 5.45. The first-order valence-corrected chi connectivity index (χ1v) is 13.3. The predicted molar refractivity (Wildman–Crippen MR) is 155 cm³/mol. The zero-order valence-corrected chi connectivity index (χ0v) is 23.8. The van der Waals surface area contributed by atoms with Crippen LogP contribution in [-0.2, 0) is 20.7 Å². The molecule has 7 nitrogen and oxygen atoms in total. The lowest BCUT2D eigenvalue weighted by Gasteiger charge is -2.34. The van der Waals surface area contributed by atoms with Gasteiger partial charge in [0.05, 0.1) is 10.7 Å². The number of ether oxygens (including phenoxy) is 1. The molecule has 0 heterocycles. The molecule has 3 aromatic carbocycles. The van der Waals surface area contributed by atoms with Crippen LogP contribution >= 0.6 is 11.6 Å². The minimum absolute atomic E-state index is 0.217. The van der Waals surface area contributed by atoms with E-state index in [4.69, 9.17) is 16.3 Å². The van der Waals surface area contributed by atoms with E-state index in [1.165, 1.54) is 4.90 Å². The Morgan fingerprint density at radius 2 is 1.54 bits per heavy atom. The SMILES string of the molecule is CCN(C(=O)C(Cc1ccccc1)NC(=O)OC(C)(C)C)C(C(=O)Nc1c(C)cccc1Cl)c1ccccc1. The van der Waals surface area contributed by atoms with E-state index in [-0.39, 0.29) is 13.0 Å². The lowest BCUT2D eigenvalue weighted by molar-refractivity contribution is -0.140. The van der Waals surface area contributed by atoms with Gasteiger partial charge in [0.25, 0.3) is 5.91 Å². The Labute approximate surface area is 235 Å². The molecular weight excluding hydrogens is 514 g/mol. The van der Waals surface area contributed by atoms with Gasteiger partial charge in [-0.15, -0.1) is 0 Å². The van der Waals surface area contributed by atoms with Gasteiger partial charge in [0.1, 0.15) is 17.7 Å². The largest absolute Gasteiger partial charge is 0.444 e. The number of nitrogens with zero attached hydrogens (tertiary/aromatic N) is 1. The average Bonchev–Trinajstić information content (AvgIpc) is 2.88. The fourth-order valence-electron chi connectivity index (χ4n) is 4.26. The van der Waals surface area contributed by atoms with E-state index < -0.39 is 35.6 Å². The Morgan fingerprint density at radius 3 is 2.10 bits per heavy atom. The van der Waals surface area contributed by atoms with Crippen LogP contribution in [0.15, 0.2) is 78.9 Å². The van der Waals surface area contributed by atoms with Crippen LogP contribution < -0.4 is 10.6 Å². The van der Waals surface area contributed by atoms with Crippen molar-refractivity contribution >= 4 is 35.2 Å². The number of amides is 3. The number of carbonyl (C=O) groups excluding carboxylic acids is 3. The van der Waals surface area contributed by atoms with E-state index in [0.717, 1.165) is 11.1 Å². The maximum Gasteiger partial charge on any atom is 0.408 e. The number of halogens is 1. The number of anilines is 1. The van der Waals surface area contributed by atoms with Gasteiger partial charge >= 0.3 is 6.09 Å². The number of nitrogens with one attached hydrogen (secondary N) is 2. The molecule has 39 heavy (non-hydrogen) atoms. The Hall–Kier alpha value is -3.84. The molecule has 0 saturated carbocycles. The molecule has 3 amide bonds. The Bertz CT molecular complexity index is 1260. The molecular formula is C31H36ClN3O4. The van der Waals surface area contributed by atoms with Crippen LogP contribution in [0.4, 0.5) is 10.5 Å². The first-order chi connectivity index (χ1) is 18.5. The highest BCUT2D eigenvalue weighted by Crippen LogP contribution is 2.29. The van der Waals surface area contributed by atoms with Crippen molar-refractivity contribution < 1.29 is 19.1 Å². The summed E-state index contributed by atoms with van der Waals surface area (Å²) in [6, 6.07) is 21.9. The molecule has 3 rings (SSSR count). The maximum atomic E-state index is 14.1. The molecule has 8 heteroatoms. The fraction of sp³-hybridized carbons (Fsp3) is 0.323. The van der Waals surface area contributed by atoms with Crippen LogP contribution in [0.2, 0.25) is 5.02 Å². The second-order valence-corrected chi connectivity index (χ2v) is 10.7. The normalized spacial score (nSPS) is 12.7. The standard InChI is InChI=1S/C31H36ClN3O4/c1-6-35(29(37)25(20-22-15-9-7-10-16-22)33-30(38)39-31(3,4)5)27(23-17-11-8-12-18-23)28(36)34-26-21(2)14-13-19-24(26)32/h7-19,25,27H,6,20H2,1-5H3,(H,33,38)(H,34,36). The topological polar surface area (TPSA) is 87.7 Å². The molecule has 0 aliphatic rings. The number of carbonyl (C=O) groups is 3. The van der Waals surface area contributed by atoms with E-state index in [1.54, 1.807) is 52.0 Å². The summed E-state index contributed by atoms with van der Waals surface area (Å²) in [6.45, 7) is 9.13. The summed E-state index contributed by atoms with van der Waals surface area (Å²) in [5.41, 5.74) is 2.03. The molecule has 0 aliphatic carbocycles. The monoisotopic (exact) mass is 549 g/mol. The van der Waals surface area contributed by atoms with E-state index in [9.17, 15) is 14.4 Å². The molecule has 206 valence electrons. The van der Waals surface area contributed by atoms with Crippen LogP contribution in [0, 0.1) is 6.92 Å². The van der Waals surface area contributed by atoms with Crippen molar-refractivity contribution in [2.45, 2.75) is 58.7 Å². The van der Waals surface area contributed by atoms with E-state index in [0.29, 0.717) is 16.3 Å². The maximum absolute atomic E-state index is 14.1. The zero-order chi connectivity index (χ0) is 28.6. The predicted octanol–water partition coefficient (Wildman–Crippen LogP) is 6.31. The molecule has 0 spiro atoms. The number of alkyl carbamates (subject to hydrolysis) is 1. The van der Waals surface area contributed by atoms with Crippen LogP contribution in [0.1, 0.15) is 50.4 Å². The van der Waals surface area contributed by atoms with Gasteiger partial charge in [-0.1, -0.05) is 84.4 Å². The van der Waals surface area contributed by atoms with Crippen LogP contribution in [0.5, 0.6) is 0 Å². The summed E-state index contributed by atoms with van der Waals surface area (Å²) >= 11 is 6.39. The molecule has 0 fully saturated rings. The smallest absolute Gasteiger partial charge is 0.408 e. The van der Waals surface area contributed by atoms with Crippen LogP contribution in [0.3, 0.4) is 0 Å². The number of para-hydroxylation sites is 1. The summed E-state index contributed by atoms with van der Waals surface area (Å²) in [6.07, 6.45) is -0.484. The number of likely N-dealkylation sites (N-methyl/N-ethyl adjacent to an activating group) is 1. The second-order valence-electron chi connectivity index (χ2n) is 10.2. The van der Waals surface area contributed by atoms with Crippen LogP contribution in [0.25, 0.3) is 0 Å². The third-order valence-electron chi connectivity index (χ3n) is 6.04. The molecule has 0 radical (unpaired) electrons. The molecule has 0 saturated heterocycles. The Morgan fingerprint density at radius 1 is 0.923 bits per heavy atom. The molecule has 0 aliphatic heterocycles. The number of aryl methyl sites for hydroxylation is 1. The van der Waals surface area contributed by atoms with Gasteiger partial charge in [-0.2, -0.15) is 0 Å². The molecule has 0 aromatic heterocycles. The molecule has 2 N–H and O–H groups in total. The van der Waals surface area contributed by atoms with Gasteiger partial charge in [0.15, 0.2) is 0 Å². The first-order valence-electron chi connectivity index (χ1n) is 12.9. The molecule has 2 unspecified atom stereocenters. The highest BCUT2D eigenvalue weighted by Gasteiger charge is 2.36. The first kappa shape index (κ1) is 29.7. The van der Waals surface area contributed by atoms with Crippen molar-refractivity contribution in [1.82, 2.24) is 10.2 Å². The number of hydrogen-bond donors (Lipinski definition) is 2. The van der Waals surface area contributed by atoms with Crippen LogP contribution in [-0.4, -0.2) is 41.0 Å². The fourth-order valence-corrected chi connectivity index (χ4v) is 4.52. The van der Waals surface area contributed by atoms with Gasteiger partial charge in [-0.25, -0.2) is 4.79 Å². The zero-order valence-electron chi connectivity index (χ0n) is 23.0. The van der Waals surface area contributed by atoms with Crippen molar-refractivity contribution in [2.75, 3.05) is 11.9 Å². The van der Waals surface area contributed by atoms with Gasteiger partial charge in [0, 0.05) is 13.0 Å². The second kappa shape index (κ2) is 13.3. The van der Waals surface area contributed by atoms with E-state index in [2.05, 4.69) is 10.6 Å². The molecule has 2 atom stereocenters. The quantitative estimate of drug-likeness (QED) is 0.327. The lowest BCUT2D eigenvalue weighted by atomic mass is 10.00. The summed E-state index contributed by atoms with van der Waals surface area (Å²) in [5, 5.41) is 6.08. The minimum Gasteiger partial charge on any atom is -0.444 e. The lowest BCUT2D eigenvalue weighted by Crippen LogP contribution is -2.53. The number of hydrogen-bond acceptors (Lipinski definition) is 4. The Balaban J connectivity index is 1.99. The van der Waals surface area contributed by atoms with Crippen molar-refractivity contribution in [1.29, 1.82) is 0 Å². The summed E-state index contributed by atoms with van der Waals surface area (Å²) in [4.78, 5) is 42.2. The third-order valence-corrected chi connectivity index (χ3v) is 6.36. The molecule has 0 bridgehead atoms. The summed E-state index contributed by atoms with van der Waals surface area (Å²) in [7, 11) is 0. The van der Waals surface area contributed by atoms with Crippen molar-refractivity contribution in [2.24, 2.45) is 0 Å². The van der Waals surface area contributed by atoms with E-state index >= 15 is 0 Å².